The van der Waals surface area contributed by atoms with Gasteiger partial charge in [0.05, 0.1) is 6.20 Å². The molecular formula is C12H7Cl2IN6O2. The van der Waals surface area contributed by atoms with Crippen LogP contribution in [0.25, 0.3) is 11.3 Å². The summed E-state index contributed by atoms with van der Waals surface area (Å²) in [5, 5.41) is 0.600. The van der Waals surface area contributed by atoms with E-state index in [2.05, 4.69) is 19.9 Å². The van der Waals surface area contributed by atoms with Crippen molar-refractivity contribution in [3.05, 3.63) is 65.7 Å². The minimum atomic E-state index is -0.273. The number of rotatable bonds is 0. The Morgan fingerprint density at radius 3 is 2.39 bits per heavy atom. The number of hydrogen-bond donors (Lipinski definition) is 2. The summed E-state index contributed by atoms with van der Waals surface area (Å²) in [6.07, 6.45) is 4.73. The minimum Gasteiger partial charge on any atom is -0.297 e. The van der Waals surface area contributed by atoms with Crippen LogP contribution in [0.3, 0.4) is 0 Å². The van der Waals surface area contributed by atoms with Crippen molar-refractivity contribution in [1.82, 2.24) is 28.7 Å². The van der Waals surface area contributed by atoms with E-state index in [1.54, 1.807) is 30.7 Å². The molecule has 0 amide bonds. The molecule has 0 aliphatic carbocycles. The van der Waals surface area contributed by atoms with Gasteiger partial charge in [0.15, 0.2) is 0 Å². The smallest absolute Gasteiger partial charge is 0.297 e. The van der Waals surface area contributed by atoms with Crippen molar-refractivity contribution in [2.24, 2.45) is 0 Å². The van der Waals surface area contributed by atoms with Crippen LogP contribution in [-0.4, -0.2) is 28.7 Å². The Labute approximate surface area is 151 Å². The summed E-state index contributed by atoms with van der Waals surface area (Å²) in [7, 11) is 0. The predicted molar refractivity (Wildman–Crippen MR) is 94.4 cm³/mol. The van der Waals surface area contributed by atoms with Crippen LogP contribution in [0.15, 0.2) is 40.3 Å². The zero-order valence-corrected chi connectivity index (χ0v) is 14.8. The molecule has 0 aromatic carbocycles. The Hall–Kier alpha value is -1.85. The van der Waals surface area contributed by atoms with Gasteiger partial charge in [-0.25, -0.2) is 24.0 Å². The first-order valence-electron chi connectivity index (χ1n) is 6.09. The highest BCUT2D eigenvalue weighted by molar-refractivity contribution is 14.1. The van der Waals surface area contributed by atoms with Gasteiger partial charge in [0.1, 0.15) is 25.3 Å². The summed E-state index contributed by atoms with van der Waals surface area (Å²) < 4.78 is 3.60. The molecule has 0 saturated carbocycles. The Balaban J connectivity index is 0.000000136. The lowest BCUT2D eigenvalue weighted by Gasteiger charge is -1.93. The SMILES string of the molecule is O=c1[nH]c(Cl)cc2ncc(I)n12.O=c1[nH]c(Cl)cc2nccn12. The lowest BCUT2D eigenvalue weighted by atomic mass is 10.6. The van der Waals surface area contributed by atoms with Crippen LogP contribution in [-0.2, 0) is 0 Å². The second-order valence-electron chi connectivity index (χ2n) is 4.27. The van der Waals surface area contributed by atoms with Crippen LogP contribution in [0.4, 0.5) is 0 Å². The Morgan fingerprint density at radius 2 is 1.65 bits per heavy atom. The minimum absolute atomic E-state index is 0.264. The number of aromatic amines is 2. The van der Waals surface area contributed by atoms with E-state index in [0.29, 0.717) is 21.6 Å². The summed E-state index contributed by atoms with van der Waals surface area (Å²) in [5.74, 6) is 0. The second kappa shape index (κ2) is 6.34. The van der Waals surface area contributed by atoms with Gasteiger partial charge in [-0.1, -0.05) is 23.2 Å². The standard InChI is InChI=1S/C6H3ClIN3O.C6H4ClN3O/c7-3-1-5-9-2-4(8)11(5)6(12)10-3;7-4-3-5-8-1-2-10(5)6(11)9-4/h1-2H,(H,10,12);1-3H,(H,9,11). The number of aromatic nitrogens is 6. The van der Waals surface area contributed by atoms with Gasteiger partial charge in [0, 0.05) is 24.5 Å². The third-order valence-corrected chi connectivity index (χ3v) is 3.97. The van der Waals surface area contributed by atoms with Crippen molar-refractivity contribution in [2.45, 2.75) is 0 Å². The molecule has 0 atom stereocenters. The lowest BCUT2D eigenvalue weighted by Crippen LogP contribution is -2.16. The summed E-state index contributed by atoms with van der Waals surface area (Å²) >= 11 is 13.2. The fraction of sp³-hybridized carbons (Fsp3) is 0. The number of fused-ring (bicyclic) bond motifs is 2. The van der Waals surface area contributed by atoms with E-state index in [1.807, 2.05) is 22.6 Å². The molecule has 4 heterocycles. The van der Waals surface area contributed by atoms with E-state index in [4.69, 9.17) is 23.2 Å². The maximum atomic E-state index is 11.3. The van der Waals surface area contributed by atoms with Gasteiger partial charge in [-0.05, 0) is 22.6 Å². The highest BCUT2D eigenvalue weighted by Crippen LogP contribution is 2.08. The monoisotopic (exact) mass is 464 g/mol. The van der Waals surface area contributed by atoms with Crippen molar-refractivity contribution < 1.29 is 0 Å². The summed E-state index contributed by atoms with van der Waals surface area (Å²) in [5.41, 5.74) is 0.580. The zero-order chi connectivity index (χ0) is 16.6. The molecule has 11 heteroatoms. The van der Waals surface area contributed by atoms with E-state index in [0.717, 1.165) is 3.70 Å². The first kappa shape index (κ1) is 16.0. The van der Waals surface area contributed by atoms with Crippen LogP contribution in [0, 0.1) is 3.70 Å². The zero-order valence-electron chi connectivity index (χ0n) is 11.1. The van der Waals surface area contributed by atoms with Gasteiger partial charge in [-0.15, -0.1) is 0 Å². The van der Waals surface area contributed by atoms with Gasteiger partial charge in [0.25, 0.3) is 0 Å². The maximum absolute atomic E-state index is 11.3. The molecule has 4 aromatic rings. The lowest BCUT2D eigenvalue weighted by molar-refractivity contribution is 0.984. The van der Waals surface area contributed by atoms with Crippen molar-refractivity contribution in [1.29, 1.82) is 0 Å². The molecule has 0 fully saturated rings. The fourth-order valence-electron chi connectivity index (χ4n) is 1.86. The average molecular weight is 465 g/mol. The number of H-pyrrole nitrogens is 2. The maximum Gasteiger partial charge on any atom is 0.333 e. The molecule has 118 valence electrons. The molecule has 4 rings (SSSR count). The van der Waals surface area contributed by atoms with Gasteiger partial charge >= 0.3 is 11.4 Å². The third-order valence-electron chi connectivity index (χ3n) is 2.80. The number of hydrogen-bond acceptors (Lipinski definition) is 4. The molecule has 0 saturated heterocycles. The van der Waals surface area contributed by atoms with Crippen molar-refractivity contribution in [3.63, 3.8) is 0 Å². The molecule has 0 aliphatic heterocycles. The number of imidazole rings is 2. The molecule has 0 unspecified atom stereocenters. The van der Waals surface area contributed by atoms with E-state index in [1.165, 1.54) is 8.80 Å². The van der Waals surface area contributed by atoms with Crippen LogP contribution in [0.2, 0.25) is 10.3 Å². The highest BCUT2D eigenvalue weighted by Gasteiger charge is 2.03. The van der Waals surface area contributed by atoms with E-state index >= 15 is 0 Å². The number of nitrogens with zero attached hydrogens (tertiary/aromatic N) is 4. The van der Waals surface area contributed by atoms with Crippen molar-refractivity contribution in [3.8, 4) is 0 Å². The molecule has 0 radical (unpaired) electrons. The van der Waals surface area contributed by atoms with E-state index in [9.17, 15) is 9.59 Å². The normalized spacial score (nSPS) is 10.7. The first-order valence-corrected chi connectivity index (χ1v) is 7.93. The van der Waals surface area contributed by atoms with Crippen molar-refractivity contribution in [2.75, 3.05) is 0 Å². The Kier molecular flexibility index (Phi) is 4.41. The van der Waals surface area contributed by atoms with Gasteiger partial charge in [-0.3, -0.25) is 14.4 Å². The molecule has 0 bridgehead atoms. The van der Waals surface area contributed by atoms with Gasteiger partial charge in [-0.2, -0.15) is 0 Å². The molecule has 0 aliphatic rings. The molecular weight excluding hydrogens is 458 g/mol. The highest BCUT2D eigenvalue weighted by atomic mass is 127. The molecule has 4 aromatic heterocycles. The summed E-state index contributed by atoms with van der Waals surface area (Å²) in [6.45, 7) is 0. The first-order chi connectivity index (χ1) is 11.0. The van der Waals surface area contributed by atoms with Crippen LogP contribution < -0.4 is 11.4 Å². The van der Waals surface area contributed by atoms with Crippen LogP contribution >= 0.6 is 45.8 Å². The topological polar surface area (TPSA) is 100 Å². The van der Waals surface area contributed by atoms with Gasteiger partial charge < -0.3 is 0 Å². The van der Waals surface area contributed by atoms with Gasteiger partial charge in [0.2, 0.25) is 0 Å². The fourth-order valence-corrected chi connectivity index (χ4v) is 2.82. The largest absolute Gasteiger partial charge is 0.333 e. The molecule has 8 nitrogen and oxygen atoms in total. The van der Waals surface area contributed by atoms with E-state index in [-0.39, 0.29) is 11.4 Å². The van der Waals surface area contributed by atoms with Crippen LogP contribution in [0.5, 0.6) is 0 Å². The Morgan fingerprint density at radius 1 is 1.00 bits per heavy atom. The molecule has 23 heavy (non-hydrogen) atoms. The number of nitrogens with one attached hydrogen (secondary N) is 2. The summed E-state index contributed by atoms with van der Waals surface area (Å²) in [6, 6.07) is 3.19. The second-order valence-corrected chi connectivity index (χ2v) is 6.19. The third kappa shape index (κ3) is 3.26. The molecule has 0 spiro atoms. The van der Waals surface area contributed by atoms with Crippen molar-refractivity contribution >= 4 is 57.1 Å². The Bertz CT molecular complexity index is 1110. The molecule has 2 N–H and O–H groups in total. The predicted octanol–water partition coefficient (Wildman–Crippen LogP) is 1.96. The quantitative estimate of drug-likeness (QED) is 0.307. The summed E-state index contributed by atoms with van der Waals surface area (Å²) in [4.78, 5) is 35.1. The average Bonchev–Trinajstić information content (AvgIpc) is 3.06. The number of halogens is 3. The van der Waals surface area contributed by atoms with Crippen LogP contribution in [0.1, 0.15) is 0 Å². The van der Waals surface area contributed by atoms with E-state index < -0.39 is 0 Å².